The third kappa shape index (κ3) is 1.89. The van der Waals surface area contributed by atoms with Crippen molar-refractivity contribution in [3.63, 3.8) is 0 Å². The summed E-state index contributed by atoms with van der Waals surface area (Å²) in [5.41, 5.74) is 8.10. The molecule has 1 heterocycles. The number of nitrogens with zero attached hydrogens (tertiary/aromatic N) is 1. The predicted molar refractivity (Wildman–Crippen MR) is 61.7 cm³/mol. The molecule has 1 aromatic carbocycles. The minimum atomic E-state index is -0.173. The first-order valence-electron chi connectivity index (χ1n) is 5.12. The van der Waals surface area contributed by atoms with Crippen molar-refractivity contribution in [3.8, 4) is 0 Å². The van der Waals surface area contributed by atoms with Crippen molar-refractivity contribution in [3.05, 3.63) is 36.0 Å². The molecule has 3 nitrogen and oxygen atoms in total. The first kappa shape index (κ1) is 10.2. The van der Waals surface area contributed by atoms with Gasteiger partial charge in [0.15, 0.2) is 0 Å². The third-order valence-electron chi connectivity index (χ3n) is 2.76. The van der Waals surface area contributed by atoms with Crippen molar-refractivity contribution in [1.29, 1.82) is 0 Å². The molecule has 80 valence electrons. The lowest BCUT2D eigenvalue weighted by molar-refractivity contribution is 0.264. The largest absolute Gasteiger partial charge is 0.395 e. The van der Waals surface area contributed by atoms with Gasteiger partial charge in [-0.15, -0.1) is 0 Å². The molecule has 0 amide bonds. The second kappa shape index (κ2) is 4.04. The van der Waals surface area contributed by atoms with Crippen LogP contribution >= 0.6 is 0 Å². The van der Waals surface area contributed by atoms with Gasteiger partial charge >= 0.3 is 0 Å². The van der Waals surface area contributed by atoms with Gasteiger partial charge in [0.1, 0.15) is 0 Å². The number of rotatable bonds is 3. The summed E-state index contributed by atoms with van der Waals surface area (Å²) in [7, 11) is 2.03. The predicted octanol–water partition coefficient (Wildman–Crippen LogP) is 1.04. The highest BCUT2D eigenvalue weighted by Gasteiger charge is 2.08. The van der Waals surface area contributed by atoms with E-state index in [-0.39, 0.29) is 12.6 Å². The van der Waals surface area contributed by atoms with Crippen LogP contribution in [0.5, 0.6) is 0 Å². The first-order valence-corrected chi connectivity index (χ1v) is 5.12. The second-order valence-corrected chi connectivity index (χ2v) is 3.90. The maximum Gasteiger partial charge on any atom is 0.0586 e. The molecule has 0 aliphatic carbocycles. The van der Waals surface area contributed by atoms with Crippen LogP contribution in [0.15, 0.2) is 30.3 Å². The number of aliphatic hydroxyl groups excluding tert-OH is 1. The lowest BCUT2D eigenvalue weighted by Gasteiger charge is -2.08. The molecule has 0 bridgehead atoms. The van der Waals surface area contributed by atoms with Crippen LogP contribution in [-0.4, -0.2) is 22.3 Å². The topological polar surface area (TPSA) is 51.2 Å². The summed E-state index contributed by atoms with van der Waals surface area (Å²) in [4.78, 5) is 0. The Kier molecular flexibility index (Phi) is 2.75. The van der Waals surface area contributed by atoms with Crippen LogP contribution in [0.1, 0.15) is 5.69 Å². The Bertz CT molecular complexity index is 462. The zero-order valence-corrected chi connectivity index (χ0v) is 8.85. The molecule has 1 atom stereocenters. The van der Waals surface area contributed by atoms with Gasteiger partial charge in [-0.2, -0.15) is 0 Å². The summed E-state index contributed by atoms with van der Waals surface area (Å²) < 4.78 is 2.13. The number of hydrogen-bond acceptors (Lipinski definition) is 2. The van der Waals surface area contributed by atoms with Gasteiger partial charge in [-0.3, -0.25) is 0 Å². The second-order valence-electron chi connectivity index (χ2n) is 3.90. The van der Waals surface area contributed by atoms with Crippen molar-refractivity contribution in [2.75, 3.05) is 6.61 Å². The third-order valence-corrected chi connectivity index (χ3v) is 2.76. The molecule has 0 unspecified atom stereocenters. The Hall–Kier alpha value is -1.32. The standard InChI is InChI=1S/C12H16N2O/c1-14-11(7-10(13)8-15)6-9-4-2-3-5-12(9)14/h2-6,10,15H,7-8,13H2,1H3/t10-/m0/s1. The molecule has 0 saturated heterocycles. The van der Waals surface area contributed by atoms with E-state index in [2.05, 4.69) is 22.8 Å². The molecule has 0 saturated carbocycles. The highest BCUT2D eigenvalue weighted by atomic mass is 16.3. The Morgan fingerprint density at radius 2 is 2.13 bits per heavy atom. The molecule has 0 fully saturated rings. The summed E-state index contributed by atoms with van der Waals surface area (Å²) in [5, 5.41) is 10.1. The monoisotopic (exact) mass is 204 g/mol. The number of hydrogen-bond donors (Lipinski definition) is 2. The fourth-order valence-corrected chi connectivity index (χ4v) is 1.88. The van der Waals surface area contributed by atoms with Gasteiger partial charge in [0.05, 0.1) is 6.61 Å². The number of benzene rings is 1. The zero-order valence-electron chi connectivity index (χ0n) is 8.85. The SMILES string of the molecule is Cn1c(C[C@H](N)CO)cc2ccccc21. The van der Waals surface area contributed by atoms with Gasteiger partial charge in [0.2, 0.25) is 0 Å². The molecule has 2 rings (SSSR count). The number of aliphatic hydroxyl groups is 1. The minimum absolute atomic E-state index is 0.0293. The quantitative estimate of drug-likeness (QED) is 0.785. The maximum atomic E-state index is 8.93. The van der Waals surface area contributed by atoms with Crippen LogP contribution < -0.4 is 5.73 Å². The molecule has 0 aliphatic rings. The lowest BCUT2D eigenvalue weighted by atomic mass is 10.2. The number of aromatic nitrogens is 1. The van der Waals surface area contributed by atoms with E-state index >= 15 is 0 Å². The van der Waals surface area contributed by atoms with Gasteiger partial charge < -0.3 is 15.4 Å². The Morgan fingerprint density at radius 1 is 1.40 bits per heavy atom. The normalized spacial score (nSPS) is 13.3. The van der Waals surface area contributed by atoms with E-state index in [1.807, 2.05) is 19.2 Å². The smallest absolute Gasteiger partial charge is 0.0586 e. The van der Waals surface area contributed by atoms with Crippen LogP contribution in [0.4, 0.5) is 0 Å². The minimum Gasteiger partial charge on any atom is -0.395 e. The van der Waals surface area contributed by atoms with E-state index in [1.54, 1.807) is 0 Å². The van der Waals surface area contributed by atoms with E-state index in [0.717, 1.165) is 5.69 Å². The molecular formula is C12H16N2O. The van der Waals surface area contributed by atoms with E-state index in [4.69, 9.17) is 10.8 Å². The van der Waals surface area contributed by atoms with Gasteiger partial charge in [-0.05, 0) is 17.5 Å². The maximum absolute atomic E-state index is 8.93. The Labute approximate surface area is 89.1 Å². The van der Waals surface area contributed by atoms with Crippen molar-refractivity contribution in [2.24, 2.45) is 12.8 Å². The van der Waals surface area contributed by atoms with E-state index in [1.165, 1.54) is 10.9 Å². The number of fused-ring (bicyclic) bond motifs is 1. The van der Waals surface area contributed by atoms with Gasteiger partial charge in [-0.1, -0.05) is 18.2 Å². The zero-order chi connectivity index (χ0) is 10.8. The van der Waals surface area contributed by atoms with E-state index in [9.17, 15) is 0 Å². The van der Waals surface area contributed by atoms with Crippen LogP contribution in [0.3, 0.4) is 0 Å². The number of aryl methyl sites for hydroxylation is 1. The van der Waals surface area contributed by atoms with E-state index in [0.29, 0.717) is 6.42 Å². The molecule has 3 heteroatoms. The first-order chi connectivity index (χ1) is 7.22. The summed E-state index contributed by atoms with van der Waals surface area (Å²) in [6.45, 7) is 0.0293. The Morgan fingerprint density at radius 3 is 2.80 bits per heavy atom. The van der Waals surface area contributed by atoms with Gasteiger partial charge in [-0.25, -0.2) is 0 Å². The van der Waals surface area contributed by atoms with Crippen molar-refractivity contribution < 1.29 is 5.11 Å². The Balaban J connectivity index is 2.40. The highest BCUT2D eigenvalue weighted by Crippen LogP contribution is 2.18. The highest BCUT2D eigenvalue weighted by molar-refractivity contribution is 5.81. The van der Waals surface area contributed by atoms with Crippen molar-refractivity contribution in [2.45, 2.75) is 12.5 Å². The van der Waals surface area contributed by atoms with Crippen molar-refractivity contribution >= 4 is 10.9 Å². The summed E-state index contributed by atoms with van der Waals surface area (Å²) in [6.07, 6.45) is 0.710. The molecule has 0 radical (unpaired) electrons. The fraction of sp³-hybridized carbons (Fsp3) is 0.333. The summed E-state index contributed by atoms with van der Waals surface area (Å²) >= 11 is 0. The molecule has 3 N–H and O–H groups in total. The van der Waals surface area contributed by atoms with Gasteiger partial charge in [0.25, 0.3) is 0 Å². The number of para-hydroxylation sites is 1. The molecule has 2 aromatic rings. The average Bonchev–Trinajstić information content (AvgIpc) is 2.57. The molecular weight excluding hydrogens is 188 g/mol. The van der Waals surface area contributed by atoms with Crippen LogP contribution in [0, 0.1) is 0 Å². The van der Waals surface area contributed by atoms with Gasteiger partial charge in [0, 0.05) is 30.7 Å². The fourth-order valence-electron chi connectivity index (χ4n) is 1.88. The van der Waals surface area contributed by atoms with Crippen molar-refractivity contribution in [1.82, 2.24) is 4.57 Å². The summed E-state index contributed by atoms with van der Waals surface area (Å²) in [6, 6.07) is 10.2. The molecule has 15 heavy (non-hydrogen) atoms. The molecule has 0 spiro atoms. The van der Waals surface area contributed by atoms with Crippen LogP contribution in [-0.2, 0) is 13.5 Å². The van der Waals surface area contributed by atoms with E-state index < -0.39 is 0 Å². The van der Waals surface area contributed by atoms with Crippen LogP contribution in [0.25, 0.3) is 10.9 Å². The van der Waals surface area contributed by atoms with Crippen LogP contribution in [0.2, 0.25) is 0 Å². The average molecular weight is 204 g/mol. The number of nitrogens with two attached hydrogens (primary N) is 1. The molecule has 1 aromatic heterocycles. The summed E-state index contributed by atoms with van der Waals surface area (Å²) in [5.74, 6) is 0. The lowest BCUT2D eigenvalue weighted by Crippen LogP contribution is -2.27. The molecule has 0 aliphatic heterocycles.